The lowest BCUT2D eigenvalue weighted by Gasteiger charge is -2.35. The maximum absolute atomic E-state index is 12.3. The van der Waals surface area contributed by atoms with Crippen LogP contribution in [0.3, 0.4) is 0 Å². The van der Waals surface area contributed by atoms with E-state index in [4.69, 9.17) is 16.7 Å². The third-order valence-electron chi connectivity index (χ3n) is 3.26. The fourth-order valence-corrected chi connectivity index (χ4v) is 2.55. The molecule has 1 fully saturated rings. The van der Waals surface area contributed by atoms with E-state index < -0.39 is 0 Å². The minimum absolute atomic E-state index is 0.256. The highest BCUT2D eigenvalue weighted by atomic mass is 35.5. The third-order valence-corrected chi connectivity index (χ3v) is 3.58. The number of hydrogen-bond donors (Lipinski definition) is 1. The molecule has 0 spiro atoms. The lowest BCUT2D eigenvalue weighted by atomic mass is 9.81. The van der Waals surface area contributed by atoms with Crippen molar-refractivity contribution in [2.45, 2.75) is 26.7 Å². The number of anilines is 1. The van der Waals surface area contributed by atoms with Crippen LogP contribution in [0.5, 0.6) is 0 Å². The van der Waals surface area contributed by atoms with Crippen molar-refractivity contribution in [3.63, 3.8) is 0 Å². The number of rotatable bonds is 1. The Morgan fingerprint density at radius 2 is 1.90 bits per heavy atom. The second-order valence-electron chi connectivity index (χ2n) is 5.77. The number of aliphatic hydroxyl groups excluding tert-OH is 1. The van der Waals surface area contributed by atoms with Crippen LogP contribution in [-0.4, -0.2) is 23.5 Å². The number of piperidine rings is 1. The molecule has 2 amide bonds. The largest absolute Gasteiger partial charge is 0.384 e. The maximum atomic E-state index is 12.3. The molecule has 0 aromatic heterocycles. The summed E-state index contributed by atoms with van der Waals surface area (Å²) >= 11 is 6.12. The van der Waals surface area contributed by atoms with E-state index in [1.807, 2.05) is 13.8 Å². The zero-order chi connectivity index (χ0) is 15.6. The molecule has 1 saturated heterocycles. The number of hydrogen-bond acceptors (Lipinski definition) is 3. The van der Waals surface area contributed by atoms with Crippen molar-refractivity contribution < 1.29 is 14.7 Å². The van der Waals surface area contributed by atoms with Gasteiger partial charge in [-0.1, -0.05) is 37.3 Å². The number of carbonyl (C=O) groups excluding carboxylic acids is 2. The molecule has 0 radical (unpaired) electrons. The molecule has 0 aliphatic carbocycles. The van der Waals surface area contributed by atoms with Crippen LogP contribution in [0.1, 0.15) is 32.3 Å². The van der Waals surface area contributed by atoms with Crippen LogP contribution in [0.4, 0.5) is 5.69 Å². The predicted molar refractivity (Wildman–Crippen MR) is 80.9 cm³/mol. The smallest absolute Gasteiger partial charge is 0.234 e. The summed E-state index contributed by atoms with van der Waals surface area (Å²) in [5.74, 6) is 4.75. The molecule has 5 heteroatoms. The van der Waals surface area contributed by atoms with Gasteiger partial charge in [0.2, 0.25) is 11.8 Å². The minimum atomic E-state index is -0.328. The molecule has 1 heterocycles. The van der Waals surface area contributed by atoms with Crippen LogP contribution < -0.4 is 4.90 Å². The highest BCUT2D eigenvalue weighted by Crippen LogP contribution is 2.36. The van der Waals surface area contributed by atoms with E-state index in [0.29, 0.717) is 29.1 Å². The number of amides is 2. The lowest BCUT2D eigenvalue weighted by Crippen LogP contribution is -2.46. The van der Waals surface area contributed by atoms with Crippen LogP contribution in [0, 0.1) is 17.3 Å². The molecule has 1 aliphatic rings. The number of imide groups is 1. The van der Waals surface area contributed by atoms with Crippen molar-refractivity contribution in [3.05, 3.63) is 28.8 Å². The van der Waals surface area contributed by atoms with Crippen molar-refractivity contribution in [1.29, 1.82) is 0 Å². The minimum Gasteiger partial charge on any atom is -0.384 e. The predicted octanol–water partition coefficient (Wildman–Crippen LogP) is 2.36. The molecule has 2 rings (SSSR count). The lowest BCUT2D eigenvalue weighted by molar-refractivity contribution is -0.132. The van der Waals surface area contributed by atoms with Gasteiger partial charge in [0.15, 0.2) is 0 Å². The van der Waals surface area contributed by atoms with Gasteiger partial charge in [0.25, 0.3) is 0 Å². The molecule has 1 N–H and O–H groups in total. The first kappa shape index (κ1) is 15.6. The summed E-state index contributed by atoms with van der Waals surface area (Å²) < 4.78 is 0. The summed E-state index contributed by atoms with van der Waals surface area (Å²) in [5, 5.41) is 9.05. The highest BCUT2D eigenvalue weighted by molar-refractivity contribution is 6.35. The van der Waals surface area contributed by atoms with Gasteiger partial charge < -0.3 is 5.11 Å². The first-order valence-corrected chi connectivity index (χ1v) is 6.97. The molecule has 110 valence electrons. The Hall–Kier alpha value is -1.83. The Labute approximate surface area is 128 Å². The first-order valence-electron chi connectivity index (χ1n) is 6.59. The van der Waals surface area contributed by atoms with Crippen LogP contribution in [-0.2, 0) is 9.59 Å². The number of benzene rings is 1. The first-order chi connectivity index (χ1) is 9.84. The Bertz CT molecular complexity index is 635. The van der Waals surface area contributed by atoms with Gasteiger partial charge in [-0.3, -0.25) is 9.59 Å². The van der Waals surface area contributed by atoms with Crippen molar-refractivity contribution >= 4 is 29.1 Å². The third kappa shape index (κ3) is 3.44. The maximum Gasteiger partial charge on any atom is 0.234 e. The average molecular weight is 306 g/mol. The number of aliphatic hydroxyl groups is 1. The van der Waals surface area contributed by atoms with Crippen LogP contribution in [0.25, 0.3) is 0 Å². The zero-order valence-corrected chi connectivity index (χ0v) is 12.7. The van der Waals surface area contributed by atoms with E-state index >= 15 is 0 Å². The van der Waals surface area contributed by atoms with Gasteiger partial charge in [-0.15, -0.1) is 0 Å². The van der Waals surface area contributed by atoms with Gasteiger partial charge in [-0.05, 0) is 23.6 Å². The number of halogens is 1. The monoisotopic (exact) mass is 305 g/mol. The summed E-state index contributed by atoms with van der Waals surface area (Å²) in [7, 11) is 0. The molecule has 4 nitrogen and oxygen atoms in total. The molecular formula is C16H16ClNO3. The summed E-state index contributed by atoms with van der Waals surface area (Å²) in [4.78, 5) is 25.7. The normalized spacial score (nSPS) is 17.4. The summed E-state index contributed by atoms with van der Waals surface area (Å²) in [6.07, 6.45) is 0.587. The molecule has 1 aromatic rings. The molecule has 0 atom stereocenters. The fraction of sp³-hybridized carbons (Fsp3) is 0.375. The van der Waals surface area contributed by atoms with Gasteiger partial charge >= 0.3 is 0 Å². The Balaban J connectivity index is 2.41. The second kappa shape index (κ2) is 5.88. The molecule has 1 aromatic carbocycles. The van der Waals surface area contributed by atoms with Gasteiger partial charge in [0.05, 0.1) is 10.7 Å². The quantitative estimate of drug-likeness (QED) is 0.640. The highest BCUT2D eigenvalue weighted by Gasteiger charge is 2.38. The average Bonchev–Trinajstić information content (AvgIpc) is 2.37. The van der Waals surface area contributed by atoms with Crippen molar-refractivity contribution in [2.75, 3.05) is 11.5 Å². The molecule has 1 aliphatic heterocycles. The zero-order valence-electron chi connectivity index (χ0n) is 11.9. The SMILES string of the molecule is CC1(C)CC(=O)N(c2cc(C#CCO)ccc2Cl)C(=O)C1. The van der Waals surface area contributed by atoms with E-state index in [2.05, 4.69) is 11.8 Å². The molecule has 0 saturated carbocycles. The Kier molecular flexibility index (Phi) is 4.36. The van der Waals surface area contributed by atoms with Crippen LogP contribution >= 0.6 is 11.6 Å². The van der Waals surface area contributed by atoms with E-state index in [-0.39, 0.29) is 23.8 Å². The summed E-state index contributed by atoms with van der Waals surface area (Å²) in [6.45, 7) is 3.53. The van der Waals surface area contributed by atoms with Crippen molar-refractivity contribution in [2.24, 2.45) is 5.41 Å². The van der Waals surface area contributed by atoms with Crippen molar-refractivity contribution in [3.8, 4) is 11.8 Å². The van der Waals surface area contributed by atoms with Crippen molar-refractivity contribution in [1.82, 2.24) is 0 Å². The Morgan fingerprint density at radius 3 is 2.48 bits per heavy atom. The Morgan fingerprint density at radius 1 is 1.29 bits per heavy atom. The molecular weight excluding hydrogens is 290 g/mol. The van der Waals surface area contributed by atoms with E-state index in [9.17, 15) is 9.59 Å². The number of nitrogens with zero attached hydrogens (tertiary/aromatic N) is 1. The van der Waals surface area contributed by atoms with Gasteiger partial charge in [0, 0.05) is 18.4 Å². The van der Waals surface area contributed by atoms with Gasteiger partial charge in [-0.2, -0.15) is 0 Å². The summed E-state index contributed by atoms with van der Waals surface area (Å²) in [6, 6.07) is 4.87. The van der Waals surface area contributed by atoms with Gasteiger partial charge in [0.1, 0.15) is 6.61 Å². The van der Waals surface area contributed by atoms with Crippen LogP contribution in [0.2, 0.25) is 5.02 Å². The topological polar surface area (TPSA) is 57.6 Å². The standard InChI is InChI=1S/C16H16ClNO3/c1-16(2)9-14(20)18(15(21)10-16)13-8-11(4-3-7-19)5-6-12(13)17/h5-6,8,19H,7,9-10H2,1-2H3. The fourth-order valence-electron chi connectivity index (χ4n) is 2.35. The number of carbonyl (C=O) groups is 2. The second-order valence-corrected chi connectivity index (χ2v) is 6.17. The van der Waals surface area contributed by atoms with Crippen LogP contribution in [0.15, 0.2) is 18.2 Å². The molecule has 21 heavy (non-hydrogen) atoms. The van der Waals surface area contributed by atoms with Gasteiger partial charge in [-0.25, -0.2) is 4.90 Å². The molecule has 0 bridgehead atoms. The van der Waals surface area contributed by atoms with E-state index in [0.717, 1.165) is 4.90 Å². The van der Waals surface area contributed by atoms with E-state index in [1.54, 1.807) is 18.2 Å². The molecule has 0 unspecified atom stereocenters. The summed E-state index contributed by atoms with van der Waals surface area (Å²) in [5.41, 5.74) is 0.617. The van der Waals surface area contributed by atoms with E-state index in [1.165, 1.54) is 0 Å².